The van der Waals surface area contributed by atoms with Crippen LogP contribution in [0.2, 0.25) is 5.02 Å². The van der Waals surface area contributed by atoms with Gasteiger partial charge in [0.1, 0.15) is 6.33 Å². The number of hydrogen-bond donors (Lipinski definition) is 0. The second-order valence-corrected chi connectivity index (χ2v) is 7.93. The van der Waals surface area contributed by atoms with Gasteiger partial charge < -0.3 is 9.80 Å². The van der Waals surface area contributed by atoms with Crippen LogP contribution in [0.4, 0.5) is 5.82 Å². The summed E-state index contributed by atoms with van der Waals surface area (Å²) in [5, 5.41) is 9.28. The van der Waals surface area contributed by atoms with Gasteiger partial charge in [0.05, 0.1) is 5.69 Å². The highest BCUT2D eigenvalue weighted by Crippen LogP contribution is 2.24. The second kappa shape index (κ2) is 7.96. The van der Waals surface area contributed by atoms with E-state index >= 15 is 0 Å². The maximum absolute atomic E-state index is 12.8. The number of halogens is 1. The molecule has 0 atom stereocenters. The lowest BCUT2D eigenvalue weighted by molar-refractivity contribution is 0.0746. The summed E-state index contributed by atoms with van der Waals surface area (Å²) in [4.78, 5) is 25.6. The number of anilines is 1. The van der Waals surface area contributed by atoms with E-state index in [9.17, 15) is 4.79 Å². The van der Waals surface area contributed by atoms with Gasteiger partial charge in [0, 0.05) is 36.8 Å². The number of fused-ring (bicyclic) bond motifs is 1. The van der Waals surface area contributed by atoms with Gasteiger partial charge in [-0.1, -0.05) is 34.5 Å². The van der Waals surface area contributed by atoms with E-state index in [1.807, 2.05) is 36.1 Å². The quantitative estimate of drug-likeness (QED) is 0.494. The van der Waals surface area contributed by atoms with Crippen molar-refractivity contribution in [3.63, 3.8) is 0 Å². The largest absolute Gasteiger partial charge is 0.351 e. The van der Waals surface area contributed by atoms with Crippen LogP contribution in [0.5, 0.6) is 0 Å². The van der Waals surface area contributed by atoms with Gasteiger partial charge in [-0.15, -0.1) is 5.10 Å². The topological polar surface area (TPSA) is 80.0 Å². The van der Waals surface area contributed by atoms with E-state index in [2.05, 4.69) is 25.2 Å². The van der Waals surface area contributed by atoms with E-state index in [0.717, 1.165) is 11.5 Å². The Morgan fingerprint density at radius 3 is 2.35 bits per heavy atom. The van der Waals surface area contributed by atoms with Crippen LogP contribution in [0.15, 0.2) is 54.9 Å². The number of benzene rings is 2. The third-order valence-electron chi connectivity index (χ3n) is 5.45. The monoisotopic (exact) mass is 433 g/mol. The molecule has 0 bridgehead atoms. The summed E-state index contributed by atoms with van der Waals surface area (Å²) in [5.74, 6) is 0.747. The van der Waals surface area contributed by atoms with Crippen LogP contribution in [0, 0.1) is 6.92 Å². The van der Waals surface area contributed by atoms with Crippen molar-refractivity contribution in [2.45, 2.75) is 6.92 Å². The fourth-order valence-corrected chi connectivity index (χ4v) is 3.85. The van der Waals surface area contributed by atoms with Crippen molar-refractivity contribution < 1.29 is 4.79 Å². The molecule has 0 saturated carbocycles. The van der Waals surface area contributed by atoms with Crippen molar-refractivity contribution >= 4 is 34.5 Å². The average Bonchev–Trinajstić information content (AvgIpc) is 3.24. The number of hydrogen-bond acceptors (Lipinski definition) is 6. The summed E-state index contributed by atoms with van der Waals surface area (Å²) in [7, 11) is 0. The molecule has 0 N–H and O–H groups in total. The first-order chi connectivity index (χ1) is 15.1. The minimum atomic E-state index is 0.00877. The molecular formula is C22H20ClN7O. The van der Waals surface area contributed by atoms with Gasteiger partial charge in [0.25, 0.3) is 5.91 Å². The molecule has 31 heavy (non-hydrogen) atoms. The lowest BCUT2D eigenvalue weighted by Crippen LogP contribution is -2.49. The zero-order valence-electron chi connectivity index (χ0n) is 16.9. The summed E-state index contributed by atoms with van der Waals surface area (Å²) >= 11 is 5.93. The molecule has 9 heteroatoms. The van der Waals surface area contributed by atoms with Gasteiger partial charge in [0.15, 0.2) is 17.0 Å². The van der Waals surface area contributed by atoms with E-state index in [0.29, 0.717) is 47.9 Å². The van der Waals surface area contributed by atoms with Gasteiger partial charge in [0.2, 0.25) is 0 Å². The summed E-state index contributed by atoms with van der Waals surface area (Å²) in [6, 6.07) is 15.0. The standard InChI is InChI=1S/C22H20ClN7O/c1-15-2-8-18(9-3-15)30-21-19(26-27-30)20(24-14-25-21)28-10-12-29(13-11-28)22(31)16-4-6-17(23)7-5-16/h2-9,14H,10-13H2,1H3. The lowest BCUT2D eigenvalue weighted by atomic mass is 10.2. The van der Waals surface area contributed by atoms with Crippen molar-refractivity contribution in [1.82, 2.24) is 29.9 Å². The summed E-state index contributed by atoms with van der Waals surface area (Å²) in [5.41, 5.74) is 4.03. The maximum atomic E-state index is 12.8. The Hall–Kier alpha value is -3.52. The molecule has 1 aliphatic heterocycles. The van der Waals surface area contributed by atoms with Gasteiger partial charge in [-0.05, 0) is 43.3 Å². The Morgan fingerprint density at radius 2 is 1.65 bits per heavy atom. The molecule has 0 radical (unpaired) electrons. The lowest BCUT2D eigenvalue weighted by Gasteiger charge is -2.35. The molecule has 2 aromatic heterocycles. The first-order valence-electron chi connectivity index (χ1n) is 10.0. The minimum absolute atomic E-state index is 0.00877. The number of aryl methyl sites for hydroxylation is 1. The van der Waals surface area contributed by atoms with Gasteiger partial charge in [-0.2, -0.15) is 4.68 Å². The smallest absolute Gasteiger partial charge is 0.253 e. The van der Waals surface area contributed by atoms with Crippen LogP contribution < -0.4 is 4.90 Å². The molecule has 8 nitrogen and oxygen atoms in total. The van der Waals surface area contributed by atoms with Crippen molar-refractivity contribution in [1.29, 1.82) is 0 Å². The first kappa shape index (κ1) is 19.4. The van der Waals surface area contributed by atoms with Crippen molar-refractivity contribution in [2.75, 3.05) is 31.1 Å². The Morgan fingerprint density at radius 1 is 0.935 bits per heavy atom. The highest BCUT2D eigenvalue weighted by molar-refractivity contribution is 6.30. The summed E-state index contributed by atoms with van der Waals surface area (Å²) < 4.78 is 1.72. The van der Waals surface area contributed by atoms with Crippen LogP contribution in [0.25, 0.3) is 16.9 Å². The first-order valence-corrected chi connectivity index (χ1v) is 10.4. The zero-order chi connectivity index (χ0) is 21.4. The van der Waals surface area contributed by atoms with Gasteiger partial charge >= 0.3 is 0 Å². The molecule has 5 rings (SSSR count). The third kappa shape index (κ3) is 3.70. The molecule has 0 unspecified atom stereocenters. The molecule has 3 heterocycles. The van der Waals surface area contributed by atoms with Gasteiger partial charge in [-0.3, -0.25) is 4.79 Å². The summed E-state index contributed by atoms with van der Waals surface area (Å²) in [6.07, 6.45) is 1.54. The third-order valence-corrected chi connectivity index (χ3v) is 5.71. The van der Waals surface area contributed by atoms with Crippen LogP contribution >= 0.6 is 11.6 Å². The molecule has 1 aliphatic rings. The fraction of sp³-hybridized carbons (Fsp3) is 0.227. The Bertz CT molecular complexity index is 1230. The van der Waals surface area contributed by atoms with E-state index in [4.69, 9.17) is 11.6 Å². The molecule has 1 fully saturated rings. The molecular weight excluding hydrogens is 414 g/mol. The van der Waals surface area contributed by atoms with Crippen LogP contribution in [0.1, 0.15) is 15.9 Å². The number of nitrogens with zero attached hydrogens (tertiary/aromatic N) is 7. The van der Waals surface area contributed by atoms with Crippen molar-refractivity contribution in [3.8, 4) is 5.69 Å². The predicted octanol–water partition coefficient (Wildman–Crippen LogP) is 3.13. The number of rotatable bonds is 3. The highest BCUT2D eigenvalue weighted by atomic mass is 35.5. The molecule has 1 amide bonds. The number of aromatic nitrogens is 5. The number of piperazine rings is 1. The Labute approximate surface area is 184 Å². The predicted molar refractivity (Wildman–Crippen MR) is 119 cm³/mol. The normalized spacial score (nSPS) is 14.3. The van der Waals surface area contributed by atoms with E-state index < -0.39 is 0 Å². The van der Waals surface area contributed by atoms with E-state index in [1.54, 1.807) is 28.9 Å². The number of amides is 1. The molecule has 156 valence electrons. The molecule has 0 spiro atoms. The molecule has 0 aliphatic carbocycles. The summed E-state index contributed by atoms with van der Waals surface area (Å²) in [6.45, 7) is 4.55. The van der Waals surface area contributed by atoms with Crippen molar-refractivity contribution in [3.05, 3.63) is 71.0 Å². The van der Waals surface area contributed by atoms with Crippen LogP contribution in [-0.2, 0) is 0 Å². The van der Waals surface area contributed by atoms with Gasteiger partial charge in [-0.25, -0.2) is 9.97 Å². The van der Waals surface area contributed by atoms with E-state index in [-0.39, 0.29) is 5.91 Å². The average molecular weight is 434 g/mol. The molecule has 1 saturated heterocycles. The molecule has 2 aromatic carbocycles. The Balaban J connectivity index is 1.36. The number of carbonyl (C=O) groups is 1. The SMILES string of the molecule is Cc1ccc(-n2nnc3c(N4CCN(C(=O)c5ccc(Cl)cc5)CC4)ncnc32)cc1. The fourth-order valence-electron chi connectivity index (χ4n) is 3.72. The molecule has 4 aromatic rings. The van der Waals surface area contributed by atoms with E-state index in [1.165, 1.54) is 11.9 Å². The van der Waals surface area contributed by atoms with Crippen LogP contribution in [0.3, 0.4) is 0 Å². The van der Waals surface area contributed by atoms with Crippen molar-refractivity contribution in [2.24, 2.45) is 0 Å². The minimum Gasteiger partial charge on any atom is -0.351 e. The second-order valence-electron chi connectivity index (χ2n) is 7.49. The zero-order valence-corrected chi connectivity index (χ0v) is 17.7. The number of carbonyl (C=O) groups excluding carboxylic acids is 1. The van der Waals surface area contributed by atoms with Crippen LogP contribution in [-0.4, -0.2) is 61.9 Å². The highest BCUT2D eigenvalue weighted by Gasteiger charge is 2.25. The maximum Gasteiger partial charge on any atom is 0.253 e. The Kier molecular flexibility index (Phi) is 4.99.